The van der Waals surface area contributed by atoms with Gasteiger partial charge < -0.3 is 11.1 Å². The number of nitrogens with zero attached hydrogens (tertiary/aromatic N) is 3. The molecule has 154 valence electrons. The molecule has 4 rings (SSSR count). The summed E-state index contributed by atoms with van der Waals surface area (Å²) in [6.07, 6.45) is 4.09. The van der Waals surface area contributed by atoms with Gasteiger partial charge in [0, 0.05) is 12.7 Å². The normalized spacial score (nSPS) is 13.6. The van der Waals surface area contributed by atoms with E-state index in [-0.39, 0.29) is 27.0 Å². The van der Waals surface area contributed by atoms with Gasteiger partial charge in [0.15, 0.2) is 0 Å². The van der Waals surface area contributed by atoms with E-state index in [1.54, 1.807) is 6.07 Å². The van der Waals surface area contributed by atoms with Crippen molar-refractivity contribution in [3.63, 3.8) is 0 Å². The molecule has 0 spiro atoms. The average molecular weight is 444 g/mol. The first-order chi connectivity index (χ1) is 14.4. The first-order valence-corrected chi connectivity index (χ1v) is 11.0. The number of para-hydroxylation sites is 1. The molecule has 8 nitrogen and oxygen atoms in total. The molecular weight excluding hydrogens is 426 g/mol. The Bertz CT molecular complexity index is 1230. The topological polar surface area (TPSA) is 118 Å². The van der Waals surface area contributed by atoms with E-state index in [2.05, 4.69) is 15.3 Å². The van der Waals surface area contributed by atoms with E-state index in [0.29, 0.717) is 12.2 Å². The molecule has 1 amide bonds. The number of hydrogen-bond acceptors (Lipinski definition) is 6. The highest BCUT2D eigenvalue weighted by Crippen LogP contribution is 2.34. The zero-order chi connectivity index (χ0) is 21.3. The SMILES string of the molecule is NC(=O)c1cncnc1Nc1cc(S(=O)(=O)N2CCCc3ccccc32)ccc1Cl. The Morgan fingerprint density at radius 1 is 1.20 bits per heavy atom. The maximum Gasteiger partial charge on any atom is 0.264 e. The van der Waals surface area contributed by atoms with E-state index in [9.17, 15) is 13.2 Å². The zero-order valence-corrected chi connectivity index (χ0v) is 17.3. The van der Waals surface area contributed by atoms with E-state index in [0.717, 1.165) is 18.4 Å². The van der Waals surface area contributed by atoms with Gasteiger partial charge in [-0.2, -0.15) is 0 Å². The van der Waals surface area contributed by atoms with Crippen molar-refractivity contribution in [3.05, 3.63) is 71.1 Å². The summed E-state index contributed by atoms with van der Waals surface area (Å²) in [6, 6.07) is 11.8. The summed E-state index contributed by atoms with van der Waals surface area (Å²) in [6.45, 7) is 0.391. The molecular formula is C20H18ClN5O3S. The first-order valence-electron chi connectivity index (χ1n) is 9.15. The number of anilines is 3. The molecule has 10 heteroatoms. The quantitative estimate of drug-likeness (QED) is 0.625. The highest BCUT2D eigenvalue weighted by molar-refractivity contribution is 7.92. The van der Waals surface area contributed by atoms with Crippen molar-refractivity contribution >= 4 is 44.7 Å². The summed E-state index contributed by atoms with van der Waals surface area (Å²) in [5.74, 6) is -0.583. The number of primary amides is 1. The number of amides is 1. The number of halogens is 1. The van der Waals surface area contributed by atoms with Crippen molar-refractivity contribution in [1.82, 2.24) is 9.97 Å². The number of nitrogens with one attached hydrogen (secondary N) is 1. The molecule has 2 aromatic carbocycles. The lowest BCUT2D eigenvalue weighted by atomic mass is 10.0. The summed E-state index contributed by atoms with van der Waals surface area (Å²) in [5.41, 5.74) is 7.37. The van der Waals surface area contributed by atoms with Crippen LogP contribution >= 0.6 is 11.6 Å². The third kappa shape index (κ3) is 3.69. The van der Waals surface area contributed by atoms with Crippen molar-refractivity contribution in [2.45, 2.75) is 17.7 Å². The van der Waals surface area contributed by atoms with Gasteiger partial charge in [-0.3, -0.25) is 9.10 Å². The second kappa shape index (κ2) is 7.92. The lowest BCUT2D eigenvalue weighted by Crippen LogP contribution is -2.35. The van der Waals surface area contributed by atoms with Crippen LogP contribution in [0.3, 0.4) is 0 Å². The van der Waals surface area contributed by atoms with Crippen LogP contribution in [0.2, 0.25) is 5.02 Å². The fraction of sp³-hybridized carbons (Fsp3) is 0.150. The van der Waals surface area contributed by atoms with E-state index < -0.39 is 15.9 Å². The van der Waals surface area contributed by atoms with Crippen molar-refractivity contribution in [1.29, 1.82) is 0 Å². The van der Waals surface area contributed by atoms with E-state index >= 15 is 0 Å². The minimum Gasteiger partial charge on any atom is -0.365 e. The van der Waals surface area contributed by atoms with Gasteiger partial charge in [0.2, 0.25) is 0 Å². The second-order valence-corrected chi connectivity index (χ2v) is 8.99. The van der Waals surface area contributed by atoms with Crippen LogP contribution in [-0.4, -0.2) is 30.8 Å². The number of aryl methyl sites for hydroxylation is 1. The number of hydrogen-bond donors (Lipinski definition) is 2. The van der Waals surface area contributed by atoms with Crippen LogP contribution < -0.4 is 15.4 Å². The van der Waals surface area contributed by atoms with Crippen LogP contribution in [0.1, 0.15) is 22.3 Å². The van der Waals surface area contributed by atoms with Gasteiger partial charge in [-0.15, -0.1) is 0 Å². The van der Waals surface area contributed by atoms with Crippen LogP contribution in [0.4, 0.5) is 17.2 Å². The van der Waals surface area contributed by atoms with Crippen molar-refractivity contribution in [3.8, 4) is 0 Å². The lowest BCUT2D eigenvalue weighted by molar-refractivity contribution is 0.100. The van der Waals surface area contributed by atoms with Crippen molar-refractivity contribution in [2.75, 3.05) is 16.2 Å². The number of nitrogens with two attached hydrogens (primary N) is 1. The van der Waals surface area contributed by atoms with Gasteiger partial charge in [-0.25, -0.2) is 18.4 Å². The number of carbonyl (C=O) groups excluding carboxylic acids is 1. The number of carbonyl (C=O) groups is 1. The molecule has 30 heavy (non-hydrogen) atoms. The first kappa shape index (κ1) is 20.1. The van der Waals surface area contributed by atoms with E-state index in [1.807, 2.05) is 18.2 Å². The molecule has 0 aliphatic carbocycles. The molecule has 1 aromatic heterocycles. The Balaban J connectivity index is 1.73. The highest BCUT2D eigenvalue weighted by atomic mass is 35.5. The Morgan fingerprint density at radius 2 is 2.00 bits per heavy atom. The Labute approximate surface area is 178 Å². The van der Waals surface area contributed by atoms with Crippen LogP contribution in [0.15, 0.2) is 59.9 Å². The number of fused-ring (bicyclic) bond motifs is 1. The Hall–Kier alpha value is -3.17. The lowest BCUT2D eigenvalue weighted by Gasteiger charge is -2.30. The molecule has 3 N–H and O–H groups in total. The minimum atomic E-state index is -3.82. The number of aromatic nitrogens is 2. The molecule has 0 radical (unpaired) electrons. The molecule has 3 aromatic rings. The molecule has 0 unspecified atom stereocenters. The van der Waals surface area contributed by atoms with Gasteiger partial charge in [-0.05, 0) is 42.7 Å². The number of rotatable bonds is 5. The molecule has 0 fully saturated rings. The predicted molar refractivity (Wildman–Crippen MR) is 115 cm³/mol. The summed E-state index contributed by atoms with van der Waals surface area (Å²) >= 11 is 6.26. The molecule has 0 saturated heterocycles. The Morgan fingerprint density at radius 3 is 2.80 bits per heavy atom. The maximum atomic E-state index is 13.4. The average Bonchev–Trinajstić information content (AvgIpc) is 2.75. The van der Waals surface area contributed by atoms with Crippen molar-refractivity contribution in [2.24, 2.45) is 5.73 Å². The molecule has 0 bridgehead atoms. The van der Waals surface area contributed by atoms with Gasteiger partial charge in [0.25, 0.3) is 15.9 Å². The summed E-state index contributed by atoms with van der Waals surface area (Å²) in [5, 5.41) is 3.16. The van der Waals surface area contributed by atoms with Crippen LogP contribution in [0.5, 0.6) is 0 Å². The summed E-state index contributed by atoms with van der Waals surface area (Å²) in [7, 11) is -3.82. The van der Waals surface area contributed by atoms with Gasteiger partial charge in [0.1, 0.15) is 17.7 Å². The maximum absolute atomic E-state index is 13.4. The smallest absolute Gasteiger partial charge is 0.264 e. The number of benzene rings is 2. The van der Waals surface area contributed by atoms with Crippen LogP contribution in [0, 0.1) is 0 Å². The van der Waals surface area contributed by atoms with Crippen LogP contribution in [-0.2, 0) is 16.4 Å². The summed E-state index contributed by atoms with van der Waals surface area (Å²) < 4.78 is 28.2. The molecule has 0 saturated carbocycles. The third-order valence-electron chi connectivity index (χ3n) is 4.82. The van der Waals surface area contributed by atoms with Gasteiger partial charge in [-0.1, -0.05) is 29.8 Å². The summed E-state index contributed by atoms with van der Waals surface area (Å²) in [4.78, 5) is 19.5. The standard InChI is InChI=1S/C20H18ClN5O3S/c21-16-8-7-14(10-17(16)25-20-15(19(22)27)11-23-12-24-20)30(28,29)26-9-3-5-13-4-1-2-6-18(13)26/h1-2,4,6-8,10-12H,3,5,9H2,(H2,22,27)(H,23,24,25). The van der Waals surface area contributed by atoms with Gasteiger partial charge >= 0.3 is 0 Å². The minimum absolute atomic E-state index is 0.0618. The zero-order valence-electron chi connectivity index (χ0n) is 15.7. The molecule has 1 aliphatic heterocycles. The predicted octanol–water partition coefficient (Wildman–Crippen LogP) is 3.11. The van der Waals surface area contributed by atoms with E-state index in [1.165, 1.54) is 35.0 Å². The van der Waals surface area contributed by atoms with Crippen LogP contribution in [0.25, 0.3) is 0 Å². The van der Waals surface area contributed by atoms with E-state index in [4.69, 9.17) is 17.3 Å². The highest BCUT2D eigenvalue weighted by Gasteiger charge is 2.29. The Kier molecular flexibility index (Phi) is 5.31. The second-order valence-electron chi connectivity index (χ2n) is 6.73. The molecule has 0 atom stereocenters. The molecule has 2 heterocycles. The third-order valence-corrected chi connectivity index (χ3v) is 6.96. The number of sulfonamides is 1. The van der Waals surface area contributed by atoms with Gasteiger partial charge in [0.05, 0.1) is 21.3 Å². The van der Waals surface area contributed by atoms with Crippen molar-refractivity contribution < 1.29 is 13.2 Å². The largest absolute Gasteiger partial charge is 0.365 e. The monoisotopic (exact) mass is 443 g/mol. The molecule has 1 aliphatic rings. The fourth-order valence-corrected chi connectivity index (χ4v) is 5.11. The fourth-order valence-electron chi connectivity index (χ4n) is 3.37.